The summed E-state index contributed by atoms with van der Waals surface area (Å²) in [4.78, 5) is 10.1. The zero-order valence-electron chi connectivity index (χ0n) is 14.5. The molecule has 3 aromatic rings. The zero-order chi connectivity index (χ0) is 18.1. The fraction of sp³-hybridized carbons (Fsp3) is 0.238. The van der Waals surface area contributed by atoms with Gasteiger partial charge in [0, 0.05) is 24.0 Å². The van der Waals surface area contributed by atoms with Gasteiger partial charge in [0.2, 0.25) is 0 Å². The summed E-state index contributed by atoms with van der Waals surface area (Å²) in [7, 11) is 1.99. The minimum absolute atomic E-state index is 0.0188. The number of rotatable bonds is 3. The molecule has 2 aromatic carbocycles. The maximum atomic E-state index is 14.7. The third-order valence-corrected chi connectivity index (χ3v) is 5.04. The summed E-state index contributed by atoms with van der Waals surface area (Å²) in [6.45, 7) is 0.959. The molecule has 0 saturated carbocycles. The van der Waals surface area contributed by atoms with E-state index in [9.17, 15) is 8.78 Å². The largest absolute Gasteiger partial charge is 0.299 e. The van der Waals surface area contributed by atoms with E-state index in [1.54, 1.807) is 24.5 Å². The van der Waals surface area contributed by atoms with Gasteiger partial charge in [0.15, 0.2) is 0 Å². The topological polar surface area (TPSA) is 29.0 Å². The zero-order valence-corrected chi connectivity index (χ0v) is 14.5. The maximum Gasteiger partial charge on any atom is 0.134 e. The molecule has 2 heterocycles. The van der Waals surface area contributed by atoms with E-state index in [4.69, 9.17) is 0 Å². The van der Waals surface area contributed by atoms with Gasteiger partial charge in [-0.15, -0.1) is 0 Å². The Kier molecular flexibility index (Phi) is 4.47. The molecule has 132 valence electrons. The molecule has 1 aliphatic rings. The molecule has 1 saturated heterocycles. The summed E-state index contributed by atoms with van der Waals surface area (Å²) in [6, 6.07) is 10.1. The van der Waals surface area contributed by atoms with Gasteiger partial charge >= 0.3 is 0 Å². The van der Waals surface area contributed by atoms with Gasteiger partial charge in [0.1, 0.15) is 18.0 Å². The Morgan fingerprint density at radius 2 is 1.54 bits per heavy atom. The molecule has 1 aromatic heterocycles. The average Bonchev–Trinajstić information content (AvgIpc) is 3.08. The third kappa shape index (κ3) is 3.10. The summed E-state index contributed by atoms with van der Waals surface area (Å²) in [5.41, 5.74) is 3.01. The van der Waals surface area contributed by atoms with E-state index in [2.05, 4.69) is 14.9 Å². The number of hydrogen-bond donors (Lipinski definition) is 0. The lowest BCUT2D eigenvalue weighted by Crippen LogP contribution is -2.17. The Hall–Kier alpha value is -2.66. The first-order chi connectivity index (χ1) is 12.6. The van der Waals surface area contributed by atoms with Crippen LogP contribution in [0.5, 0.6) is 0 Å². The number of benzene rings is 2. The first kappa shape index (κ1) is 16.8. The molecule has 0 spiro atoms. The highest BCUT2D eigenvalue weighted by Crippen LogP contribution is 2.35. The second-order valence-electron chi connectivity index (χ2n) is 6.70. The fourth-order valence-corrected chi connectivity index (χ4v) is 3.67. The van der Waals surface area contributed by atoms with Crippen molar-refractivity contribution in [3.8, 4) is 22.3 Å². The van der Waals surface area contributed by atoms with Crippen LogP contribution in [0, 0.1) is 11.6 Å². The van der Waals surface area contributed by atoms with Crippen LogP contribution in [-0.4, -0.2) is 28.5 Å². The Labute approximate surface area is 151 Å². The SMILES string of the molecule is CN1CCCC1c1cc(F)c(-c2ccc(-c3cncnc3)cc2)c(F)c1. The first-order valence-electron chi connectivity index (χ1n) is 8.68. The average molecular weight is 351 g/mol. The van der Waals surface area contributed by atoms with Gasteiger partial charge in [-0.1, -0.05) is 24.3 Å². The van der Waals surface area contributed by atoms with Crippen LogP contribution in [0.4, 0.5) is 8.78 Å². The highest BCUT2D eigenvalue weighted by molar-refractivity contribution is 5.70. The molecule has 3 nitrogen and oxygen atoms in total. The monoisotopic (exact) mass is 351 g/mol. The van der Waals surface area contributed by atoms with Crippen LogP contribution >= 0.6 is 0 Å². The second kappa shape index (κ2) is 6.92. The predicted molar refractivity (Wildman–Crippen MR) is 97.4 cm³/mol. The van der Waals surface area contributed by atoms with Crippen molar-refractivity contribution in [1.29, 1.82) is 0 Å². The Morgan fingerprint density at radius 1 is 0.923 bits per heavy atom. The number of likely N-dealkylation sites (tertiary alicyclic amines) is 1. The molecule has 0 radical (unpaired) electrons. The van der Waals surface area contributed by atoms with E-state index in [1.165, 1.54) is 18.5 Å². The van der Waals surface area contributed by atoms with Crippen molar-refractivity contribution in [2.24, 2.45) is 0 Å². The lowest BCUT2D eigenvalue weighted by Gasteiger charge is -2.20. The minimum Gasteiger partial charge on any atom is -0.299 e. The highest BCUT2D eigenvalue weighted by atomic mass is 19.1. The van der Waals surface area contributed by atoms with Crippen LogP contribution in [-0.2, 0) is 0 Å². The molecule has 1 unspecified atom stereocenters. The lowest BCUT2D eigenvalue weighted by atomic mass is 9.97. The van der Waals surface area contributed by atoms with Crippen molar-refractivity contribution in [3.63, 3.8) is 0 Å². The molecule has 0 amide bonds. The predicted octanol–water partition coefficient (Wildman–Crippen LogP) is 4.86. The fourth-order valence-electron chi connectivity index (χ4n) is 3.67. The normalized spacial score (nSPS) is 17.6. The smallest absolute Gasteiger partial charge is 0.134 e. The van der Waals surface area contributed by atoms with Crippen molar-refractivity contribution < 1.29 is 8.78 Å². The van der Waals surface area contributed by atoms with Crippen LogP contribution in [0.25, 0.3) is 22.3 Å². The molecule has 0 N–H and O–H groups in total. The van der Waals surface area contributed by atoms with E-state index >= 15 is 0 Å². The number of hydrogen-bond acceptors (Lipinski definition) is 3. The molecular weight excluding hydrogens is 332 g/mol. The summed E-state index contributed by atoms with van der Waals surface area (Å²) in [6.07, 6.45) is 6.86. The number of halogens is 2. The standard InChI is InChI=1S/C21H19F2N3/c1-26-8-2-3-20(26)16-9-18(22)21(19(23)10-16)15-6-4-14(5-7-15)17-11-24-13-25-12-17/h4-7,9-13,20H,2-3,8H2,1H3. The molecule has 1 fully saturated rings. The van der Waals surface area contributed by atoms with Crippen LogP contribution < -0.4 is 0 Å². The third-order valence-electron chi connectivity index (χ3n) is 5.04. The van der Waals surface area contributed by atoms with Crippen molar-refractivity contribution in [3.05, 3.63) is 72.3 Å². The van der Waals surface area contributed by atoms with E-state index in [-0.39, 0.29) is 11.6 Å². The van der Waals surface area contributed by atoms with Crippen LogP contribution in [0.3, 0.4) is 0 Å². The van der Waals surface area contributed by atoms with Crippen molar-refractivity contribution in [1.82, 2.24) is 14.9 Å². The Bertz CT molecular complexity index is 887. The highest BCUT2D eigenvalue weighted by Gasteiger charge is 2.25. The molecule has 1 aliphatic heterocycles. The van der Waals surface area contributed by atoms with Crippen LogP contribution in [0.1, 0.15) is 24.4 Å². The second-order valence-corrected chi connectivity index (χ2v) is 6.70. The Balaban J connectivity index is 1.67. The molecule has 26 heavy (non-hydrogen) atoms. The minimum atomic E-state index is -0.518. The molecule has 1 atom stereocenters. The van der Waals surface area contributed by atoms with Gasteiger partial charge in [0.25, 0.3) is 0 Å². The van der Waals surface area contributed by atoms with Crippen LogP contribution in [0.15, 0.2) is 55.1 Å². The summed E-state index contributed by atoms with van der Waals surface area (Å²) in [5, 5.41) is 0. The van der Waals surface area contributed by atoms with E-state index in [1.807, 2.05) is 19.2 Å². The Morgan fingerprint density at radius 3 is 2.12 bits per heavy atom. The molecule has 0 bridgehead atoms. The van der Waals surface area contributed by atoms with E-state index in [0.717, 1.165) is 30.5 Å². The maximum absolute atomic E-state index is 14.7. The number of nitrogens with zero attached hydrogens (tertiary/aromatic N) is 3. The van der Waals surface area contributed by atoms with Gasteiger partial charge < -0.3 is 0 Å². The van der Waals surface area contributed by atoms with Crippen molar-refractivity contribution >= 4 is 0 Å². The lowest BCUT2D eigenvalue weighted by molar-refractivity contribution is 0.316. The molecule has 0 aliphatic carbocycles. The quantitative estimate of drug-likeness (QED) is 0.675. The first-order valence-corrected chi connectivity index (χ1v) is 8.68. The summed E-state index contributed by atoms with van der Waals surface area (Å²) < 4.78 is 29.4. The van der Waals surface area contributed by atoms with Crippen molar-refractivity contribution in [2.75, 3.05) is 13.6 Å². The number of aromatic nitrogens is 2. The molecule has 4 rings (SSSR count). The van der Waals surface area contributed by atoms with E-state index < -0.39 is 11.6 Å². The molecule has 5 heteroatoms. The van der Waals surface area contributed by atoms with Gasteiger partial charge in [-0.3, -0.25) is 4.90 Å². The summed E-state index contributed by atoms with van der Waals surface area (Å²) in [5.74, 6) is -1.04. The van der Waals surface area contributed by atoms with E-state index in [0.29, 0.717) is 11.1 Å². The van der Waals surface area contributed by atoms with Gasteiger partial charge in [-0.2, -0.15) is 0 Å². The van der Waals surface area contributed by atoms with Gasteiger partial charge in [-0.05, 0) is 55.3 Å². The van der Waals surface area contributed by atoms with Gasteiger partial charge in [0.05, 0.1) is 5.56 Å². The summed E-state index contributed by atoms with van der Waals surface area (Å²) >= 11 is 0. The molecular formula is C21H19F2N3. The van der Waals surface area contributed by atoms with Gasteiger partial charge in [-0.25, -0.2) is 18.7 Å². The van der Waals surface area contributed by atoms with Crippen LogP contribution in [0.2, 0.25) is 0 Å². The van der Waals surface area contributed by atoms with Crippen molar-refractivity contribution in [2.45, 2.75) is 18.9 Å².